The van der Waals surface area contributed by atoms with Crippen LogP contribution >= 0.6 is 11.3 Å². The van der Waals surface area contributed by atoms with Crippen molar-refractivity contribution in [1.82, 2.24) is 4.98 Å². The number of aromatic nitrogens is 1. The van der Waals surface area contributed by atoms with Crippen LogP contribution < -0.4 is 5.32 Å². The zero-order valence-corrected chi connectivity index (χ0v) is 21.1. The molecule has 0 unspecified atom stereocenters. The lowest BCUT2D eigenvalue weighted by Gasteiger charge is -2.09. The minimum absolute atomic E-state index is 0.0929. The summed E-state index contributed by atoms with van der Waals surface area (Å²) in [5, 5.41) is 13.0. The highest BCUT2D eigenvalue weighted by atomic mass is 32.1. The van der Waals surface area contributed by atoms with Gasteiger partial charge in [-0.15, -0.1) is 11.3 Å². The fourth-order valence-electron chi connectivity index (χ4n) is 3.21. The van der Waals surface area contributed by atoms with E-state index in [1.54, 1.807) is 23.6 Å². The number of amides is 1. The van der Waals surface area contributed by atoms with Crippen molar-refractivity contribution in [3.05, 3.63) is 75.6 Å². The summed E-state index contributed by atoms with van der Waals surface area (Å²) in [6.45, 7) is 4.77. The number of hydrogen-bond acceptors (Lipinski definition) is 6. The molecule has 0 radical (unpaired) electrons. The van der Waals surface area contributed by atoms with Crippen molar-refractivity contribution in [2.24, 2.45) is 5.92 Å². The number of ether oxygens (including phenoxy) is 2. The van der Waals surface area contributed by atoms with Crippen molar-refractivity contribution in [3.8, 4) is 11.3 Å². The number of carbonyl (C=O) groups excluding carboxylic acids is 1. The molecule has 3 aromatic rings. The van der Waals surface area contributed by atoms with Crippen LogP contribution in [-0.4, -0.2) is 35.7 Å². The summed E-state index contributed by atoms with van der Waals surface area (Å²) in [6, 6.07) is 6.37. The van der Waals surface area contributed by atoms with Crippen molar-refractivity contribution >= 4 is 34.4 Å². The molecule has 0 saturated carbocycles. The van der Waals surface area contributed by atoms with Gasteiger partial charge in [0.25, 0.3) is 5.91 Å². The Morgan fingerprint density at radius 2 is 1.89 bits per heavy atom. The van der Waals surface area contributed by atoms with E-state index in [0.29, 0.717) is 24.2 Å². The summed E-state index contributed by atoms with van der Waals surface area (Å²) < 4.78 is 54.1. The fourth-order valence-corrected chi connectivity index (χ4v) is 3.91. The Morgan fingerprint density at radius 1 is 1.19 bits per heavy atom. The van der Waals surface area contributed by atoms with E-state index < -0.39 is 40.7 Å². The van der Waals surface area contributed by atoms with Crippen molar-refractivity contribution < 1.29 is 37.3 Å². The number of thiazole rings is 1. The standard InChI is InChI=1S/C26H25F3N2O5S/c1-14(2)7-8-36-12-15-5-4-6-17(23(15)29)21-13-37-26(30-21)31-24(32)16-9-19(27)18(20(28)10-16)11-22(35-3)25(33)34/h4-6,9-11,13-14H,7-8,12H2,1-3H3,(H,33,34)(H,30,31,32)/b22-11+. The van der Waals surface area contributed by atoms with Gasteiger partial charge in [0.15, 0.2) is 5.13 Å². The zero-order valence-electron chi connectivity index (χ0n) is 20.3. The van der Waals surface area contributed by atoms with Crippen LogP contribution in [0.25, 0.3) is 17.3 Å². The number of carboxylic acids is 1. The van der Waals surface area contributed by atoms with Crippen LogP contribution in [0.3, 0.4) is 0 Å². The predicted molar refractivity (Wildman–Crippen MR) is 134 cm³/mol. The van der Waals surface area contributed by atoms with Crippen molar-refractivity contribution in [1.29, 1.82) is 0 Å². The SMILES string of the molecule is CO/C(=C/c1c(F)cc(C(=O)Nc2nc(-c3cccc(COCCC(C)C)c3F)cs2)cc1F)C(=O)O. The molecule has 0 aliphatic rings. The average molecular weight is 535 g/mol. The number of nitrogens with one attached hydrogen (secondary N) is 1. The third-order valence-electron chi connectivity index (χ3n) is 5.22. The van der Waals surface area contributed by atoms with Gasteiger partial charge in [-0.3, -0.25) is 10.1 Å². The molecule has 0 fully saturated rings. The molecule has 0 saturated heterocycles. The first-order chi connectivity index (χ1) is 17.6. The number of methoxy groups -OCH3 is 1. The van der Waals surface area contributed by atoms with E-state index in [9.17, 15) is 18.4 Å². The minimum atomic E-state index is -1.51. The summed E-state index contributed by atoms with van der Waals surface area (Å²) in [5.74, 6) is -5.37. The highest BCUT2D eigenvalue weighted by molar-refractivity contribution is 7.14. The molecule has 11 heteroatoms. The first-order valence-electron chi connectivity index (χ1n) is 11.2. The topological polar surface area (TPSA) is 97.8 Å². The van der Waals surface area contributed by atoms with Crippen LogP contribution in [0, 0.1) is 23.4 Å². The highest BCUT2D eigenvalue weighted by Crippen LogP contribution is 2.29. The van der Waals surface area contributed by atoms with Crippen LogP contribution in [0.15, 0.2) is 41.5 Å². The van der Waals surface area contributed by atoms with E-state index in [0.717, 1.165) is 37.0 Å². The van der Waals surface area contributed by atoms with Gasteiger partial charge in [0.1, 0.15) is 17.5 Å². The smallest absolute Gasteiger partial charge is 0.371 e. The number of anilines is 1. The maximum atomic E-state index is 15.0. The number of benzene rings is 2. The highest BCUT2D eigenvalue weighted by Gasteiger charge is 2.19. The predicted octanol–water partition coefficient (Wildman–Crippen LogP) is 6.11. The quantitative estimate of drug-likeness (QED) is 0.175. The Labute approximate surface area is 215 Å². The molecule has 0 aliphatic carbocycles. The Hall–Kier alpha value is -3.70. The van der Waals surface area contributed by atoms with Crippen molar-refractivity contribution in [2.75, 3.05) is 19.0 Å². The number of halogens is 3. The number of aliphatic carboxylic acids is 1. The maximum absolute atomic E-state index is 15.0. The largest absolute Gasteiger partial charge is 0.490 e. The molecule has 0 bridgehead atoms. The minimum Gasteiger partial charge on any atom is -0.490 e. The first kappa shape index (κ1) is 27.9. The fraction of sp³-hybridized carbons (Fsp3) is 0.269. The van der Waals surface area contributed by atoms with Gasteiger partial charge in [-0.25, -0.2) is 22.9 Å². The molecular formula is C26H25F3N2O5S. The van der Waals surface area contributed by atoms with E-state index in [2.05, 4.69) is 28.9 Å². The van der Waals surface area contributed by atoms with Gasteiger partial charge in [-0.05, 0) is 30.5 Å². The Balaban J connectivity index is 1.75. The van der Waals surface area contributed by atoms with E-state index in [-0.39, 0.29) is 28.6 Å². The summed E-state index contributed by atoms with van der Waals surface area (Å²) in [4.78, 5) is 27.8. The second-order valence-corrected chi connectivity index (χ2v) is 9.24. The summed E-state index contributed by atoms with van der Waals surface area (Å²) in [5.41, 5.74) is -0.150. The van der Waals surface area contributed by atoms with E-state index in [1.807, 2.05) is 0 Å². The molecule has 1 heterocycles. The third-order valence-corrected chi connectivity index (χ3v) is 5.98. The van der Waals surface area contributed by atoms with Crippen LogP contribution in [0.4, 0.5) is 18.3 Å². The van der Waals surface area contributed by atoms with Gasteiger partial charge in [0, 0.05) is 40.3 Å². The number of carboxylic acid groups (broad SMARTS) is 1. The van der Waals surface area contributed by atoms with E-state index >= 15 is 4.39 Å². The van der Waals surface area contributed by atoms with Gasteiger partial charge in [0.05, 0.1) is 19.4 Å². The van der Waals surface area contributed by atoms with E-state index in [1.165, 1.54) is 0 Å². The molecule has 0 spiro atoms. The summed E-state index contributed by atoms with van der Waals surface area (Å²) >= 11 is 1.01. The second kappa shape index (κ2) is 12.5. The molecule has 7 nitrogen and oxygen atoms in total. The molecule has 0 atom stereocenters. The lowest BCUT2D eigenvalue weighted by molar-refractivity contribution is -0.135. The van der Waals surface area contributed by atoms with Crippen molar-refractivity contribution in [2.45, 2.75) is 26.9 Å². The first-order valence-corrected chi connectivity index (χ1v) is 12.1. The Bertz CT molecular complexity index is 1300. The summed E-state index contributed by atoms with van der Waals surface area (Å²) in [6.07, 6.45) is 1.54. The summed E-state index contributed by atoms with van der Waals surface area (Å²) in [7, 11) is 1.05. The molecule has 1 aromatic heterocycles. The molecule has 3 rings (SSSR count). The number of hydrogen-bond donors (Lipinski definition) is 2. The molecule has 2 N–H and O–H groups in total. The van der Waals surface area contributed by atoms with Crippen LogP contribution in [0.5, 0.6) is 0 Å². The van der Waals surface area contributed by atoms with Crippen LogP contribution in [0.2, 0.25) is 0 Å². The number of nitrogens with zero attached hydrogens (tertiary/aromatic N) is 1. The zero-order chi connectivity index (χ0) is 27.1. The van der Waals surface area contributed by atoms with Crippen LogP contribution in [-0.2, 0) is 20.9 Å². The molecule has 1 amide bonds. The maximum Gasteiger partial charge on any atom is 0.371 e. The lowest BCUT2D eigenvalue weighted by Crippen LogP contribution is -2.13. The van der Waals surface area contributed by atoms with Gasteiger partial charge < -0.3 is 14.6 Å². The Morgan fingerprint density at radius 3 is 2.51 bits per heavy atom. The second-order valence-electron chi connectivity index (χ2n) is 8.38. The third kappa shape index (κ3) is 7.17. The molecule has 0 aliphatic heterocycles. The molecule has 196 valence electrons. The monoisotopic (exact) mass is 534 g/mol. The number of rotatable bonds is 11. The van der Waals surface area contributed by atoms with Crippen molar-refractivity contribution in [3.63, 3.8) is 0 Å². The number of carbonyl (C=O) groups is 2. The average Bonchev–Trinajstić information content (AvgIpc) is 3.30. The molecule has 2 aromatic carbocycles. The normalized spacial score (nSPS) is 11.6. The van der Waals surface area contributed by atoms with Gasteiger partial charge in [-0.1, -0.05) is 26.0 Å². The van der Waals surface area contributed by atoms with E-state index in [4.69, 9.17) is 9.84 Å². The lowest BCUT2D eigenvalue weighted by atomic mass is 10.1. The molecule has 37 heavy (non-hydrogen) atoms. The van der Waals surface area contributed by atoms with Crippen LogP contribution in [0.1, 0.15) is 41.8 Å². The van der Waals surface area contributed by atoms with Gasteiger partial charge >= 0.3 is 5.97 Å². The van der Waals surface area contributed by atoms with Gasteiger partial charge in [-0.2, -0.15) is 0 Å². The Kier molecular flexibility index (Phi) is 9.42. The molecular weight excluding hydrogens is 509 g/mol. The van der Waals surface area contributed by atoms with Gasteiger partial charge in [0.2, 0.25) is 5.76 Å².